The fraction of sp³-hybridized carbons (Fsp3) is 0.286. The summed E-state index contributed by atoms with van der Waals surface area (Å²) in [4.78, 5) is 10.7. The topological polar surface area (TPSA) is 69.1 Å². The van der Waals surface area contributed by atoms with Gasteiger partial charge in [-0.1, -0.05) is 0 Å². The van der Waals surface area contributed by atoms with Crippen molar-refractivity contribution in [2.45, 2.75) is 12.6 Å². The van der Waals surface area contributed by atoms with Crippen LogP contribution in [0.25, 0.3) is 0 Å². The molecule has 78 valence electrons. The average Bonchev–Trinajstić information content (AvgIpc) is 2.26. The maximum atomic E-state index is 11.9. The standard InChI is InChI=1S/C7H7F3N2OS/c8-7(9,10)2-3-1-4(5(11)13)6(12)14-3/h1H,2,12H2,(H2,11,13). The zero-order valence-corrected chi connectivity index (χ0v) is 7.71. The lowest BCUT2D eigenvalue weighted by atomic mass is 10.2. The van der Waals surface area contributed by atoms with Gasteiger partial charge >= 0.3 is 6.18 Å². The van der Waals surface area contributed by atoms with Gasteiger partial charge in [-0.3, -0.25) is 4.79 Å². The highest BCUT2D eigenvalue weighted by Crippen LogP contribution is 2.30. The molecule has 0 saturated heterocycles. The summed E-state index contributed by atoms with van der Waals surface area (Å²) in [6.45, 7) is 0. The molecule has 1 rings (SSSR count). The number of primary amides is 1. The number of thiophene rings is 1. The Kier molecular flexibility index (Phi) is 2.70. The van der Waals surface area contributed by atoms with Crippen molar-refractivity contribution in [3.05, 3.63) is 16.5 Å². The lowest BCUT2D eigenvalue weighted by molar-refractivity contribution is -0.126. The summed E-state index contributed by atoms with van der Waals surface area (Å²) in [6.07, 6.45) is -5.39. The van der Waals surface area contributed by atoms with Crippen LogP contribution in [0.3, 0.4) is 0 Å². The number of nitrogens with two attached hydrogens (primary N) is 2. The number of hydrogen-bond donors (Lipinski definition) is 2. The lowest BCUT2D eigenvalue weighted by Crippen LogP contribution is -2.12. The minimum absolute atomic E-state index is 0.0104. The molecule has 0 radical (unpaired) electrons. The van der Waals surface area contributed by atoms with E-state index in [2.05, 4.69) is 0 Å². The van der Waals surface area contributed by atoms with Crippen LogP contribution < -0.4 is 11.5 Å². The first-order valence-electron chi connectivity index (χ1n) is 3.54. The first kappa shape index (κ1) is 10.8. The van der Waals surface area contributed by atoms with E-state index in [9.17, 15) is 18.0 Å². The monoisotopic (exact) mass is 224 g/mol. The van der Waals surface area contributed by atoms with Crippen molar-refractivity contribution in [1.29, 1.82) is 0 Å². The number of carbonyl (C=O) groups excluding carboxylic acids is 1. The zero-order chi connectivity index (χ0) is 10.9. The maximum Gasteiger partial charge on any atom is 0.393 e. The molecule has 0 spiro atoms. The van der Waals surface area contributed by atoms with Crippen LogP contribution in [0.1, 0.15) is 15.2 Å². The second-order valence-corrected chi connectivity index (χ2v) is 3.82. The summed E-state index contributed by atoms with van der Waals surface area (Å²) >= 11 is 0.727. The minimum Gasteiger partial charge on any atom is -0.390 e. The van der Waals surface area contributed by atoms with Gasteiger partial charge in [0.25, 0.3) is 5.91 Å². The molecule has 0 unspecified atom stereocenters. The van der Waals surface area contributed by atoms with E-state index < -0.39 is 18.5 Å². The molecule has 0 saturated carbocycles. The molecule has 3 nitrogen and oxygen atoms in total. The molecule has 1 aromatic heterocycles. The van der Waals surface area contributed by atoms with Gasteiger partial charge in [0.05, 0.1) is 17.0 Å². The highest BCUT2D eigenvalue weighted by atomic mass is 32.1. The molecule has 0 aromatic carbocycles. The molecule has 1 aromatic rings. The Morgan fingerprint density at radius 3 is 2.43 bits per heavy atom. The fourth-order valence-electron chi connectivity index (χ4n) is 0.935. The van der Waals surface area contributed by atoms with Gasteiger partial charge in [0.15, 0.2) is 0 Å². The largest absolute Gasteiger partial charge is 0.393 e. The summed E-state index contributed by atoms with van der Waals surface area (Å²) in [6, 6.07) is 1.08. The van der Waals surface area contributed by atoms with E-state index >= 15 is 0 Å². The van der Waals surface area contributed by atoms with Crippen LogP contribution in [-0.2, 0) is 6.42 Å². The molecule has 0 fully saturated rings. The second kappa shape index (κ2) is 3.49. The fourth-order valence-corrected chi connectivity index (χ4v) is 1.90. The summed E-state index contributed by atoms with van der Waals surface area (Å²) in [5.41, 5.74) is 10.2. The Balaban J connectivity index is 2.92. The molecule has 0 aliphatic heterocycles. The highest BCUT2D eigenvalue weighted by Gasteiger charge is 2.29. The van der Waals surface area contributed by atoms with E-state index in [1.54, 1.807) is 0 Å². The average molecular weight is 224 g/mol. The van der Waals surface area contributed by atoms with Crippen molar-refractivity contribution < 1.29 is 18.0 Å². The number of nitrogen functional groups attached to an aromatic ring is 1. The number of amides is 1. The van der Waals surface area contributed by atoms with Crippen molar-refractivity contribution >= 4 is 22.2 Å². The number of halogens is 3. The van der Waals surface area contributed by atoms with Crippen LogP contribution in [0.5, 0.6) is 0 Å². The Morgan fingerprint density at radius 1 is 1.50 bits per heavy atom. The summed E-state index contributed by atoms with van der Waals surface area (Å²) in [5.74, 6) is -0.813. The minimum atomic E-state index is -4.30. The van der Waals surface area contributed by atoms with Crippen molar-refractivity contribution in [2.24, 2.45) is 5.73 Å². The van der Waals surface area contributed by atoms with E-state index in [0.717, 1.165) is 17.4 Å². The SMILES string of the molecule is NC(=O)c1cc(CC(F)(F)F)sc1N. The summed E-state index contributed by atoms with van der Waals surface area (Å²) in [7, 11) is 0. The molecule has 14 heavy (non-hydrogen) atoms. The molecule has 0 aliphatic carbocycles. The number of carbonyl (C=O) groups is 1. The van der Waals surface area contributed by atoms with Gasteiger partial charge in [0.2, 0.25) is 0 Å². The van der Waals surface area contributed by atoms with E-state index in [1.165, 1.54) is 0 Å². The third-order valence-electron chi connectivity index (χ3n) is 1.45. The Hall–Kier alpha value is -1.24. The van der Waals surface area contributed by atoms with Crippen LogP contribution in [0.2, 0.25) is 0 Å². The summed E-state index contributed by atoms with van der Waals surface area (Å²) < 4.78 is 35.8. The molecule has 0 atom stereocenters. The molecular weight excluding hydrogens is 217 g/mol. The highest BCUT2D eigenvalue weighted by molar-refractivity contribution is 7.16. The molecular formula is C7H7F3N2OS. The van der Waals surface area contributed by atoms with Gasteiger partial charge in [-0.05, 0) is 6.07 Å². The van der Waals surface area contributed by atoms with Gasteiger partial charge in [-0.25, -0.2) is 0 Å². The third kappa shape index (κ3) is 2.63. The van der Waals surface area contributed by atoms with E-state index in [4.69, 9.17) is 11.5 Å². The van der Waals surface area contributed by atoms with E-state index in [1.807, 2.05) is 0 Å². The zero-order valence-electron chi connectivity index (χ0n) is 6.89. The van der Waals surface area contributed by atoms with Crippen molar-refractivity contribution in [3.63, 3.8) is 0 Å². The molecule has 1 heterocycles. The third-order valence-corrected chi connectivity index (χ3v) is 2.42. The lowest BCUT2D eigenvalue weighted by Gasteiger charge is -2.01. The first-order valence-corrected chi connectivity index (χ1v) is 4.36. The number of anilines is 1. The number of rotatable bonds is 2. The Bertz CT molecular complexity index is 358. The van der Waals surface area contributed by atoms with Gasteiger partial charge < -0.3 is 11.5 Å². The second-order valence-electron chi connectivity index (χ2n) is 2.65. The van der Waals surface area contributed by atoms with Crippen LogP contribution in [0, 0.1) is 0 Å². The van der Waals surface area contributed by atoms with Crippen LogP contribution in [0.15, 0.2) is 6.07 Å². The molecule has 4 N–H and O–H groups in total. The predicted octanol–water partition coefficient (Wildman–Crippen LogP) is 1.53. The van der Waals surface area contributed by atoms with Gasteiger partial charge in [0, 0.05) is 4.88 Å². The quantitative estimate of drug-likeness (QED) is 0.799. The van der Waals surface area contributed by atoms with Crippen molar-refractivity contribution in [2.75, 3.05) is 5.73 Å². The van der Waals surface area contributed by atoms with Gasteiger partial charge in [-0.15, -0.1) is 11.3 Å². The Morgan fingerprint density at radius 2 is 2.07 bits per heavy atom. The maximum absolute atomic E-state index is 11.9. The van der Waals surface area contributed by atoms with E-state index in [-0.39, 0.29) is 15.4 Å². The molecule has 7 heteroatoms. The van der Waals surface area contributed by atoms with E-state index in [0.29, 0.717) is 0 Å². The van der Waals surface area contributed by atoms with Crippen LogP contribution in [-0.4, -0.2) is 12.1 Å². The molecule has 0 aliphatic rings. The van der Waals surface area contributed by atoms with Gasteiger partial charge in [-0.2, -0.15) is 13.2 Å². The van der Waals surface area contributed by atoms with Crippen LogP contribution in [0.4, 0.5) is 18.2 Å². The normalized spacial score (nSPS) is 11.6. The molecule has 1 amide bonds. The Labute approximate surface area is 81.5 Å². The number of alkyl halides is 3. The molecule has 0 bridgehead atoms. The van der Waals surface area contributed by atoms with Crippen molar-refractivity contribution in [1.82, 2.24) is 0 Å². The van der Waals surface area contributed by atoms with Gasteiger partial charge in [0.1, 0.15) is 0 Å². The first-order chi connectivity index (χ1) is 6.29. The predicted molar refractivity (Wildman–Crippen MR) is 47.0 cm³/mol. The van der Waals surface area contributed by atoms with Crippen molar-refractivity contribution in [3.8, 4) is 0 Å². The number of hydrogen-bond acceptors (Lipinski definition) is 3. The summed E-state index contributed by atoms with van der Waals surface area (Å²) in [5, 5.41) is 0.0248. The smallest absolute Gasteiger partial charge is 0.390 e. The van der Waals surface area contributed by atoms with Crippen LogP contribution >= 0.6 is 11.3 Å².